The molecule has 1 fully saturated rings. The zero-order chi connectivity index (χ0) is 17.2. The fraction of sp³-hybridized carbons (Fsp3) is 0.286. The molecule has 1 N–H and O–H groups in total. The number of halogens is 1. The number of nitrogens with zero attached hydrogens (tertiary/aromatic N) is 6. The van der Waals surface area contributed by atoms with Gasteiger partial charge >= 0.3 is 0 Å². The van der Waals surface area contributed by atoms with Gasteiger partial charge in [-0.3, -0.25) is 10.1 Å². The molecule has 1 amide bonds. The molecule has 0 aliphatic carbocycles. The Bertz CT molecular complexity index is 892. The van der Waals surface area contributed by atoms with Gasteiger partial charge in [-0.25, -0.2) is 4.39 Å². The molecule has 0 spiro atoms. The maximum absolute atomic E-state index is 13.6. The number of carbonyl (C=O) groups is 1. The number of benzene rings is 1. The Morgan fingerprint density at radius 3 is 3.08 bits per heavy atom. The Morgan fingerprint density at radius 1 is 1.40 bits per heavy atom. The molecule has 11 heteroatoms. The van der Waals surface area contributed by atoms with Gasteiger partial charge in [-0.1, -0.05) is 11.3 Å². The van der Waals surface area contributed by atoms with Crippen LogP contribution in [0, 0.1) is 5.82 Å². The number of nitrogens with one attached hydrogen (secondary N) is 1. The van der Waals surface area contributed by atoms with Crippen LogP contribution in [0.5, 0.6) is 0 Å². The van der Waals surface area contributed by atoms with Gasteiger partial charge in [0.1, 0.15) is 23.3 Å². The van der Waals surface area contributed by atoms with E-state index in [1.807, 2.05) is 0 Å². The topological polar surface area (TPSA) is 108 Å². The molecule has 25 heavy (non-hydrogen) atoms. The van der Waals surface area contributed by atoms with Crippen molar-refractivity contribution in [1.29, 1.82) is 0 Å². The van der Waals surface area contributed by atoms with E-state index in [4.69, 9.17) is 4.74 Å². The largest absolute Gasteiger partial charge is 0.371 e. The van der Waals surface area contributed by atoms with Crippen molar-refractivity contribution in [2.45, 2.75) is 18.9 Å². The highest BCUT2D eigenvalue weighted by molar-refractivity contribution is 7.15. The molecule has 0 radical (unpaired) electrons. The van der Waals surface area contributed by atoms with Crippen LogP contribution in [0.2, 0.25) is 0 Å². The molecule has 2 aromatic heterocycles. The number of hydrogen-bond acceptors (Lipinski definition) is 8. The van der Waals surface area contributed by atoms with Crippen molar-refractivity contribution >= 4 is 22.4 Å². The number of anilines is 1. The first-order valence-electron chi connectivity index (χ1n) is 7.50. The van der Waals surface area contributed by atoms with E-state index in [9.17, 15) is 9.18 Å². The molecule has 1 atom stereocenters. The second-order valence-electron chi connectivity index (χ2n) is 5.32. The summed E-state index contributed by atoms with van der Waals surface area (Å²) in [5.74, 6) is -1.07. The van der Waals surface area contributed by atoms with Gasteiger partial charge in [0.15, 0.2) is 0 Å². The first-order chi connectivity index (χ1) is 12.2. The van der Waals surface area contributed by atoms with E-state index in [0.29, 0.717) is 22.4 Å². The fourth-order valence-electron chi connectivity index (χ4n) is 2.51. The van der Waals surface area contributed by atoms with Crippen LogP contribution >= 0.6 is 11.3 Å². The third kappa shape index (κ3) is 3.23. The lowest BCUT2D eigenvalue weighted by atomic mass is 10.1. The third-order valence-corrected chi connectivity index (χ3v) is 4.60. The summed E-state index contributed by atoms with van der Waals surface area (Å²) in [6, 6.07) is 3.78. The molecule has 1 aromatic carbocycles. The van der Waals surface area contributed by atoms with Crippen LogP contribution in [0.4, 0.5) is 9.52 Å². The summed E-state index contributed by atoms with van der Waals surface area (Å²) in [5, 5.41) is 22.5. The molecule has 1 aliphatic rings. The minimum atomic E-state index is -0.542. The molecule has 1 saturated heterocycles. The summed E-state index contributed by atoms with van der Waals surface area (Å²) in [6.07, 6.45) is 3.11. The Labute approximate surface area is 144 Å². The maximum Gasteiger partial charge on any atom is 0.259 e. The number of carbonyl (C=O) groups excluding carboxylic acids is 1. The SMILES string of the molecule is O=C(Nc1nnc([C@H]2CCCO2)s1)c1cc(F)ccc1-n1cnnn1. The van der Waals surface area contributed by atoms with Crippen molar-refractivity contribution in [3.05, 3.63) is 40.9 Å². The molecule has 0 unspecified atom stereocenters. The summed E-state index contributed by atoms with van der Waals surface area (Å²) >= 11 is 1.24. The molecule has 0 bridgehead atoms. The lowest BCUT2D eigenvalue weighted by Crippen LogP contribution is -2.15. The number of tetrazole rings is 1. The standard InChI is InChI=1S/C14H12FN7O2S/c15-8-3-4-10(22-7-16-20-21-22)9(6-8)12(23)17-14-19-18-13(25-14)11-2-1-5-24-11/h3-4,6-7,11H,1-2,5H2,(H,17,19,23)/t11-/m1/s1. The Morgan fingerprint density at radius 2 is 2.32 bits per heavy atom. The van der Waals surface area contributed by atoms with Crippen LogP contribution in [0.3, 0.4) is 0 Å². The lowest BCUT2D eigenvalue weighted by Gasteiger charge is -2.08. The van der Waals surface area contributed by atoms with E-state index >= 15 is 0 Å². The maximum atomic E-state index is 13.6. The highest BCUT2D eigenvalue weighted by Gasteiger charge is 2.23. The van der Waals surface area contributed by atoms with Crippen molar-refractivity contribution in [3.8, 4) is 5.69 Å². The van der Waals surface area contributed by atoms with Crippen molar-refractivity contribution in [2.75, 3.05) is 11.9 Å². The predicted octanol–water partition coefficient (Wildman–Crippen LogP) is 1.76. The quantitative estimate of drug-likeness (QED) is 0.754. The Hall–Kier alpha value is -2.79. The average molecular weight is 361 g/mol. The lowest BCUT2D eigenvalue weighted by molar-refractivity contribution is 0.102. The van der Waals surface area contributed by atoms with E-state index in [2.05, 4.69) is 31.0 Å². The van der Waals surface area contributed by atoms with Gasteiger partial charge in [0.25, 0.3) is 5.91 Å². The second kappa shape index (κ2) is 6.61. The van der Waals surface area contributed by atoms with E-state index in [-0.39, 0.29) is 11.7 Å². The van der Waals surface area contributed by atoms with E-state index in [0.717, 1.165) is 18.9 Å². The van der Waals surface area contributed by atoms with Crippen LogP contribution in [-0.4, -0.2) is 42.9 Å². The fourth-order valence-corrected chi connectivity index (χ4v) is 3.34. The van der Waals surface area contributed by atoms with Gasteiger partial charge in [0.05, 0.1) is 11.3 Å². The predicted molar refractivity (Wildman–Crippen MR) is 84.9 cm³/mol. The van der Waals surface area contributed by atoms with E-state index < -0.39 is 11.7 Å². The summed E-state index contributed by atoms with van der Waals surface area (Å²) in [7, 11) is 0. The number of aromatic nitrogens is 6. The van der Waals surface area contributed by atoms with E-state index in [1.54, 1.807) is 0 Å². The third-order valence-electron chi connectivity index (χ3n) is 3.67. The molecule has 128 valence electrons. The first-order valence-corrected chi connectivity index (χ1v) is 8.31. The van der Waals surface area contributed by atoms with Crippen LogP contribution in [0.1, 0.15) is 34.3 Å². The average Bonchev–Trinajstić information content (AvgIpc) is 3.36. The van der Waals surface area contributed by atoms with Gasteiger partial charge in [-0.2, -0.15) is 4.68 Å². The zero-order valence-corrected chi connectivity index (χ0v) is 13.6. The number of hydrogen-bond donors (Lipinski definition) is 1. The van der Waals surface area contributed by atoms with Gasteiger partial charge < -0.3 is 4.74 Å². The van der Waals surface area contributed by atoms with Crippen LogP contribution < -0.4 is 5.32 Å². The molecular weight excluding hydrogens is 349 g/mol. The molecule has 3 aromatic rings. The molecule has 0 saturated carbocycles. The summed E-state index contributed by atoms with van der Waals surface area (Å²) in [5.41, 5.74) is 0.439. The molecule has 1 aliphatic heterocycles. The monoisotopic (exact) mass is 361 g/mol. The number of rotatable bonds is 4. The Kier molecular flexibility index (Phi) is 4.15. The molecular formula is C14H12FN7O2S. The highest BCUT2D eigenvalue weighted by Crippen LogP contribution is 2.32. The van der Waals surface area contributed by atoms with Crippen molar-refractivity contribution in [1.82, 2.24) is 30.4 Å². The number of ether oxygens (including phenoxy) is 1. The highest BCUT2D eigenvalue weighted by atomic mass is 32.1. The van der Waals surface area contributed by atoms with Crippen LogP contribution in [0.25, 0.3) is 5.69 Å². The van der Waals surface area contributed by atoms with Crippen LogP contribution in [-0.2, 0) is 4.74 Å². The van der Waals surface area contributed by atoms with Gasteiger partial charge in [0.2, 0.25) is 5.13 Å². The summed E-state index contributed by atoms with van der Waals surface area (Å²) < 4.78 is 20.4. The normalized spacial score (nSPS) is 16.9. The van der Waals surface area contributed by atoms with Gasteiger partial charge in [-0.15, -0.1) is 15.3 Å². The van der Waals surface area contributed by atoms with Crippen molar-refractivity contribution < 1.29 is 13.9 Å². The van der Waals surface area contributed by atoms with Gasteiger partial charge in [-0.05, 0) is 41.5 Å². The summed E-state index contributed by atoms with van der Waals surface area (Å²) in [6.45, 7) is 0.699. The summed E-state index contributed by atoms with van der Waals surface area (Å²) in [4.78, 5) is 12.6. The molecule has 4 rings (SSSR count). The second-order valence-corrected chi connectivity index (χ2v) is 6.33. The van der Waals surface area contributed by atoms with E-state index in [1.165, 1.54) is 34.5 Å². The minimum Gasteiger partial charge on any atom is -0.371 e. The van der Waals surface area contributed by atoms with Crippen molar-refractivity contribution in [2.24, 2.45) is 0 Å². The van der Waals surface area contributed by atoms with Crippen LogP contribution in [0.15, 0.2) is 24.5 Å². The van der Waals surface area contributed by atoms with Crippen molar-refractivity contribution in [3.63, 3.8) is 0 Å². The zero-order valence-electron chi connectivity index (χ0n) is 12.8. The Balaban J connectivity index is 1.58. The molecule has 9 nitrogen and oxygen atoms in total. The minimum absolute atomic E-state index is 0.0749. The number of amides is 1. The smallest absolute Gasteiger partial charge is 0.259 e. The molecule has 3 heterocycles. The van der Waals surface area contributed by atoms with Gasteiger partial charge in [0, 0.05) is 6.61 Å². The first kappa shape index (κ1) is 15.7.